The number of aromatic nitrogens is 2. The first-order chi connectivity index (χ1) is 12.0. The van der Waals surface area contributed by atoms with Crippen molar-refractivity contribution in [1.29, 1.82) is 0 Å². The molecule has 0 radical (unpaired) electrons. The Bertz CT molecular complexity index is 886. The van der Waals surface area contributed by atoms with Crippen LogP contribution in [-0.2, 0) is 11.2 Å². The van der Waals surface area contributed by atoms with E-state index >= 15 is 0 Å². The highest BCUT2D eigenvalue weighted by molar-refractivity contribution is 6.07. The molecule has 0 bridgehead atoms. The molecule has 1 N–H and O–H groups in total. The van der Waals surface area contributed by atoms with Crippen LogP contribution >= 0.6 is 0 Å². The Morgan fingerprint density at radius 2 is 1.92 bits per heavy atom. The van der Waals surface area contributed by atoms with Crippen LogP contribution in [0, 0.1) is 0 Å². The zero-order chi connectivity index (χ0) is 17.6. The maximum atomic E-state index is 12.6. The molecule has 2 aromatic rings. The van der Waals surface area contributed by atoms with Crippen molar-refractivity contribution >= 4 is 11.4 Å². The number of nitrogens with zero attached hydrogens (tertiary/aromatic N) is 3. The van der Waals surface area contributed by atoms with E-state index in [1.807, 2.05) is 18.2 Å². The van der Waals surface area contributed by atoms with Gasteiger partial charge >= 0.3 is 0 Å². The molecular formula is C20H21N3O2. The van der Waals surface area contributed by atoms with Gasteiger partial charge in [-0.1, -0.05) is 12.1 Å². The van der Waals surface area contributed by atoms with Gasteiger partial charge in [0.15, 0.2) is 5.78 Å². The van der Waals surface area contributed by atoms with Crippen LogP contribution in [0.1, 0.15) is 31.5 Å². The van der Waals surface area contributed by atoms with Gasteiger partial charge in [0.25, 0.3) is 0 Å². The first-order valence-corrected chi connectivity index (χ1v) is 8.69. The van der Waals surface area contributed by atoms with Crippen LogP contribution in [0.15, 0.2) is 35.9 Å². The van der Waals surface area contributed by atoms with E-state index in [9.17, 15) is 9.90 Å². The van der Waals surface area contributed by atoms with Crippen molar-refractivity contribution in [3.05, 3.63) is 47.2 Å². The fraction of sp³-hybridized carbons (Fsp3) is 0.350. The lowest BCUT2D eigenvalue weighted by Gasteiger charge is -2.35. The summed E-state index contributed by atoms with van der Waals surface area (Å²) in [6.07, 6.45) is 1.16. The second-order valence-corrected chi connectivity index (χ2v) is 6.98. The lowest BCUT2D eigenvalue weighted by molar-refractivity contribution is -0.115. The van der Waals surface area contributed by atoms with Crippen LogP contribution in [0.5, 0.6) is 5.75 Å². The van der Waals surface area contributed by atoms with Gasteiger partial charge in [0, 0.05) is 35.8 Å². The van der Waals surface area contributed by atoms with Crippen LogP contribution in [0.2, 0.25) is 0 Å². The summed E-state index contributed by atoms with van der Waals surface area (Å²) in [6.45, 7) is 5.97. The predicted octanol–water partition coefficient (Wildman–Crippen LogP) is 2.84. The van der Waals surface area contributed by atoms with Gasteiger partial charge in [-0.3, -0.25) is 9.69 Å². The Labute approximate surface area is 147 Å². The fourth-order valence-electron chi connectivity index (χ4n) is 3.67. The van der Waals surface area contributed by atoms with E-state index in [4.69, 9.17) is 0 Å². The van der Waals surface area contributed by atoms with Gasteiger partial charge in [0.1, 0.15) is 5.75 Å². The van der Waals surface area contributed by atoms with Crippen LogP contribution in [0.25, 0.3) is 16.8 Å². The number of para-hydroxylation sites is 1. The van der Waals surface area contributed by atoms with Crippen LogP contribution in [0.4, 0.5) is 0 Å². The molecule has 1 aromatic heterocycles. The number of phenols is 1. The topological polar surface area (TPSA) is 66.3 Å². The van der Waals surface area contributed by atoms with Crippen LogP contribution in [0.3, 0.4) is 0 Å². The summed E-state index contributed by atoms with van der Waals surface area (Å²) in [5, 5.41) is 18.6. The third-order valence-electron chi connectivity index (χ3n) is 5.14. The SMILES string of the molecule is CC(C)N1CCC2=C(C1)C(=O)Cc1nnc(-c3ccccc3O)cc12. The maximum absolute atomic E-state index is 12.6. The maximum Gasteiger partial charge on any atom is 0.166 e. The molecule has 5 heteroatoms. The molecule has 0 atom stereocenters. The summed E-state index contributed by atoms with van der Waals surface area (Å²) in [5.74, 6) is 0.352. The van der Waals surface area contributed by atoms with Crippen molar-refractivity contribution in [3.63, 3.8) is 0 Å². The zero-order valence-corrected chi connectivity index (χ0v) is 14.5. The van der Waals surface area contributed by atoms with E-state index in [2.05, 4.69) is 28.9 Å². The molecule has 0 amide bonds. The Balaban J connectivity index is 1.80. The fourth-order valence-corrected chi connectivity index (χ4v) is 3.67. The Hall–Kier alpha value is -2.53. The number of benzene rings is 1. The minimum absolute atomic E-state index is 0.164. The molecule has 5 nitrogen and oxygen atoms in total. The van der Waals surface area contributed by atoms with Crippen LogP contribution in [-0.4, -0.2) is 45.1 Å². The number of hydrogen-bond acceptors (Lipinski definition) is 5. The number of ketones is 1. The summed E-state index contributed by atoms with van der Waals surface area (Å²) in [4.78, 5) is 14.9. The number of Topliss-reactive ketones (excluding diaryl/α,β-unsaturated/α-hetero) is 1. The predicted molar refractivity (Wildman–Crippen MR) is 96.1 cm³/mol. The Morgan fingerprint density at radius 1 is 1.12 bits per heavy atom. The molecule has 0 spiro atoms. The highest BCUT2D eigenvalue weighted by atomic mass is 16.3. The minimum atomic E-state index is 0.164. The normalized spacial score (nSPS) is 17.6. The van der Waals surface area contributed by atoms with E-state index < -0.39 is 0 Å². The van der Waals surface area contributed by atoms with Crippen LogP contribution < -0.4 is 0 Å². The van der Waals surface area contributed by atoms with E-state index in [1.165, 1.54) is 0 Å². The lowest BCUT2D eigenvalue weighted by Crippen LogP contribution is -2.40. The molecule has 0 saturated carbocycles. The molecule has 2 aliphatic rings. The number of carbonyl (C=O) groups is 1. The molecule has 1 aromatic carbocycles. The van der Waals surface area contributed by atoms with Gasteiger partial charge in [-0.15, -0.1) is 0 Å². The van der Waals surface area contributed by atoms with Crippen molar-refractivity contribution < 1.29 is 9.90 Å². The molecule has 2 heterocycles. The summed E-state index contributed by atoms with van der Waals surface area (Å²) in [5.41, 5.74) is 5.10. The third kappa shape index (κ3) is 2.74. The Morgan fingerprint density at radius 3 is 2.68 bits per heavy atom. The van der Waals surface area contributed by atoms with Gasteiger partial charge in [0.05, 0.1) is 17.8 Å². The third-order valence-corrected chi connectivity index (χ3v) is 5.14. The number of aromatic hydroxyl groups is 1. The van der Waals surface area contributed by atoms with E-state index in [0.29, 0.717) is 30.3 Å². The summed E-state index contributed by atoms with van der Waals surface area (Å²) >= 11 is 0. The number of fused-ring (bicyclic) bond motifs is 2. The molecule has 1 aliphatic carbocycles. The molecule has 128 valence electrons. The van der Waals surface area contributed by atoms with E-state index in [-0.39, 0.29) is 11.5 Å². The van der Waals surface area contributed by atoms with Gasteiger partial charge in [-0.05, 0) is 44.0 Å². The first kappa shape index (κ1) is 16.0. The molecular weight excluding hydrogens is 314 g/mol. The molecule has 25 heavy (non-hydrogen) atoms. The number of carbonyl (C=O) groups excluding carboxylic acids is 1. The zero-order valence-electron chi connectivity index (χ0n) is 14.5. The van der Waals surface area contributed by atoms with Gasteiger partial charge in [-0.25, -0.2) is 0 Å². The van der Waals surface area contributed by atoms with Gasteiger partial charge < -0.3 is 5.11 Å². The smallest absolute Gasteiger partial charge is 0.166 e. The monoisotopic (exact) mass is 335 g/mol. The van der Waals surface area contributed by atoms with E-state index in [1.54, 1.807) is 12.1 Å². The molecule has 0 fully saturated rings. The van der Waals surface area contributed by atoms with Gasteiger partial charge in [0.2, 0.25) is 0 Å². The molecule has 0 saturated heterocycles. The highest BCUT2D eigenvalue weighted by Crippen LogP contribution is 2.37. The second kappa shape index (κ2) is 6.08. The van der Waals surface area contributed by atoms with Crippen molar-refractivity contribution in [2.75, 3.05) is 13.1 Å². The van der Waals surface area contributed by atoms with Crippen molar-refractivity contribution in [3.8, 4) is 17.0 Å². The standard InChI is InChI=1S/C20H21N3O2/c1-12(2)23-8-7-13-15-9-17(14-5-3-4-6-19(14)24)21-22-18(15)10-20(25)16(13)11-23/h3-6,9,12,24H,7-8,10-11H2,1-2H3. The minimum Gasteiger partial charge on any atom is -0.507 e. The summed E-state index contributed by atoms with van der Waals surface area (Å²) < 4.78 is 0. The van der Waals surface area contributed by atoms with Crippen molar-refractivity contribution in [2.45, 2.75) is 32.7 Å². The number of hydrogen-bond donors (Lipinski definition) is 1. The second-order valence-electron chi connectivity index (χ2n) is 6.98. The molecule has 0 unspecified atom stereocenters. The lowest BCUT2D eigenvalue weighted by atomic mass is 9.83. The Kier molecular flexibility index (Phi) is 3.88. The van der Waals surface area contributed by atoms with E-state index in [0.717, 1.165) is 35.4 Å². The average molecular weight is 335 g/mol. The van der Waals surface area contributed by atoms with Crippen molar-refractivity contribution in [1.82, 2.24) is 15.1 Å². The summed E-state index contributed by atoms with van der Waals surface area (Å²) in [7, 11) is 0. The number of rotatable bonds is 2. The number of phenolic OH excluding ortho intramolecular Hbond substituents is 1. The first-order valence-electron chi connectivity index (χ1n) is 8.69. The largest absolute Gasteiger partial charge is 0.507 e. The molecule has 1 aliphatic heterocycles. The van der Waals surface area contributed by atoms with Gasteiger partial charge in [-0.2, -0.15) is 10.2 Å². The van der Waals surface area contributed by atoms with Crippen molar-refractivity contribution in [2.24, 2.45) is 0 Å². The summed E-state index contributed by atoms with van der Waals surface area (Å²) in [6, 6.07) is 9.53. The average Bonchev–Trinajstić information content (AvgIpc) is 2.62. The molecule has 4 rings (SSSR count). The quantitative estimate of drug-likeness (QED) is 0.914. The highest BCUT2D eigenvalue weighted by Gasteiger charge is 2.32.